The lowest BCUT2D eigenvalue weighted by Gasteiger charge is -2.05. The number of aromatic amines is 1. The minimum Gasteiger partial charge on any atom is -0.494 e. The van der Waals surface area contributed by atoms with E-state index in [1.54, 1.807) is 0 Å². The summed E-state index contributed by atoms with van der Waals surface area (Å²) in [6.45, 7) is 5.95. The molecule has 0 aliphatic heterocycles. The van der Waals surface area contributed by atoms with Crippen LogP contribution >= 0.6 is 0 Å². The molecule has 1 heterocycles. The smallest absolute Gasteiger partial charge is 0.163 e. The number of hydrogen-bond acceptors (Lipinski definition) is 3. The van der Waals surface area contributed by atoms with Gasteiger partial charge in [-0.3, -0.25) is 4.79 Å². The largest absolute Gasteiger partial charge is 0.494 e. The predicted molar refractivity (Wildman–Crippen MR) is 76.6 cm³/mol. The normalized spacial score (nSPS) is 10.5. The van der Waals surface area contributed by atoms with Gasteiger partial charge in [0.25, 0.3) is 0 Å². The fourth-order valence-corrected chi connectivity index (χ4v) is 2.21. The van der Waals surface area contributed by atoms with E-state index in [-0.39, 0.29) is 5.78 Å². The van der Waals surface area contributed by atoms with Crippen LogP contribution in [-0.2, 0) is 0 Å². The average Bonchev–Trinajstić information content (AvgIpc) is 2.66. The highest BCUT2D eigenvalue weighted by Crippen LogP contribution is 2.31. The van der Waals surface area contributed by atoms with Crippen LogP contribution in [0.15, 0.2) is 24.3 Å². The number of hydrogen-bond donors (Lipinski definition) is 2. The standard InChI is InChI=1S/C15H18N2O2/c1-4-19-12-7-5-11(6-8-12)15-14(16)13(10(3)18)9(2)17-15/h5-8,17H,4,16H2,1-3H3. The minimum absolute atomic E-state index is 0.0246. The zero-order valence-corrected chi connectivity index (χ0v) is 11.4. The highest BCUT2D eigenvalue weighted by molar-refractivity contribution is 6.03. The van der Waals surface area contributed by atoms with Gasteiger partial charge in [-0.05, 0) is 45.0 Å². The van der Waals surface area contributed by atoms with E-state index in [9.17, 15) is 4.79 Å². The second-order valence-corrected chi connectivity index (χ2v) is 4.43. The van der Waals surface area contributed by atoms with E-state index in [4.69, 9.17) is 10.5 Å². The minimum atomic E-state index is -0.0246. The number of carbonyl (C=O) groups is 1. The van der Waals surface area contributed by atoms with Crippen molar-refractivity contribution in [2.75, 3.05) is 12.3 Å². The van der Waals surface area contributed by atoms with E-state index in [1.165, 1.54) is 6.92 Å². The van der Waals surface area contributed by atoms with Crippen LogP contribution in [0, 0.1) is 6.92 Å². The van der Waals surface area contributed by atoms with Crippen LogP contribution in [0.1, 0.15) is 29.9 Å². The Morgan fingerprint density at radius 1 is 1.32 bits per heavy atom. The van der Waals surface area contributed by atoms with Crippen molar-refractivity contribution in [2.45, 2.75) is 20.8 Å². The fraction of sp³-hybridized carbons (Fsp3) is 0.267. The van der Waals surface area contributed by atoms with Crippen molar-refractivity contribution in [3.63, 3.8) is 0 Å². The summed E-state index contributed by atoms with van der Waals surface area (Å²) in [6, 6.07) is 7.64. The molecule has 0 fully saturated rings. The van der Waals surface area contributed by atoms with Crippen LogP contribution in [0.3, 0.4) is 0 Å². The molecule has 0 aliphatic rings. The molecule has 4 nitrogen and oxygen atoms in total. The van der Waals surface area contributed by atoms with Crippen molar-refractivity contribution >= 4 is 11.5 Å². The molecule has 0 radical (unpaired) electrons. The van der Waals surface area contributed by atoms with Gasteiger partial charge in [0, 0.05) is 11.3 Å². The third kappa shape index (κ3) is 2.47. The van der Waals surface area contributed by atoms with Crippen molar-refractivity contribution in [3.8, 4) is 17.0 Å². The van der Waals surface area contributed by atoms with Crippen molar-refractivity contribution in [1.82, 2.24) is 4.98 Å². The van der Waals surface area contributed by atoms with Gasteiger partial charge in [0.1, 0.15) is 5.75 Å². The molecule has 1 aromatic heterocycles. The summed E-state index contributed by atoms with van der Waals surface area (Å²) in [6.07, 6.45) is 0. The van der Waals surface area contributed by atoms with E-state index < -0.39 is 0 Å². The van der Waals surface area contributed by atoms with Crippen LogP contribution in [0.5, 0.6) is 5.75 Å². The molecule has 0 spiro atoms. The number of nitrogens with two attached hydrogens (primary N) is 1. The zero-order valence-electron chi connectivity index (χ0n) is 11.4. The van der Waals surface area contributed by atoms with E-state index >= 15 is 0 Å². The van der Waals surface area contributed by atoms with Crippen molar-refractivity contribution in [2.24, 2.45) is 0 Å². The number of carbonyl (C=O) groups excluding carboxylic acids is 1. The first kappa shape index (κ1) is 13.2. The number of anilines is 1. The molecule has 0 aliphatic carbocycles. The van der Waals surface area contributed by atoms with Crippen molar-refractivity contribution < 1.29 is 9.53 Å². The molecule has 0 bridgehead atoms. The van der Waals surface area contributed by atoms with E-state index in [0.717, 1.165) is 22.7 Å². The molecule has 3 N–H and O–H groups in total. The SMILES string of the molecule is CCOc1ccc(-c2[nH]c(C)c(C(C)=O)c2N)cc1. The maximum atomic E-state index is 11.6. The molecular weight excluding hydrogens is 240 g/mol. The lowest BCUT2D eigenvalue weighted by Crippen LogP contribution is -1.98. The van der Waals surface area contributed by atoms with Crippen molar-refractivity contribution in [1.29, 1.82) is 0 Å². The van der Waals surface area contributed by atoms with Gasteiger partial charge in [-0.2, -0.15) is 0 Å². The molecular formula is C15H18N2O2. The van der Waals surface area contributed by atoms with Gasteiger partial charge >= 0.3 is 0 Å². The Balaban J connectivity index is 2.42. The molecule has 2 rings (SSSR count). The van der Waals surface area contributed by atoms with Gasteiger partial charge in [-0.1, -0.05) is 0 Å². The number of ketones is 1. The number of aromatic nitrogens is 1. The lowest BCUT2D eigenvalue weighted by atomic mass is 10.1. The Labute approximate surface area is 112 Å². The summed E-state index contributed by atoms with van der Waals surface area (Å²) in [5, 5.41) is 0. The number of benzene rings is 1. The van der Waals surface area contributed by atoms with Gasteiger partial charge < -0.3 is 15.5 Å². The quantitative estimate of drug-likeness (QED) is 0.828. The topological polar surface area (TPSA) is 68.1 Å². The fourth-order valence-electron chi connectivity index (χ4n) is 2.21. The number of aryl methyl sites for hydroxylation is 1. The molecule has 0 saturated heterocycles. The van der Waals surface area contributed by atoms with Crippen molar-refractivity contribution in [3.05, 3.63) is 35.5 Å². The first-order chi connectivity index (χ1) is 9.04. The number of ether oxygens (including phenoxy) is 1. The van der Waals surface area contributed by atoms with E-state index in [1.807, 2.05) is 38.1 Å². The van der Waals surface area contributed by atoms with Gasteiger partial charge in [0.15, 0.2) is 5.78 Å². The van der Waals surface area contributed by atoms with Gasteiger partial charge in [-0.25, -0.2) is 0 Å². The summed E-state index contributed by atoms with van der Waals surface area (Å²) in [7, 11) is 0. The number of nitrogens with one attached hydrogen (secondary N) is 1. The summed E-state index contributed by atoms with van der Waals surface area (Å²) >= 11 is 0. The highest BCUT2D eigenvalue weighted by Gasteiger charge is 2.16. The average molecular weight is 258 g/mol. The van der Waals surface area contributed by atoms with Gasteiger partial charge in [0.2, 0.25) is 0 Å². The lowest BCUT2D eigenvalue weighted by molar-refractivity contribution is 0.101. The van der Waals surface area contributed by atoms with Crippen LogP contribution in [0.4, 0.5) is 5.69 Å². The Morgan fingerprint density at radius 3 is 2.42 bits per heavy atom. The highest BCUT2D eigenvalue weighted by atomic mass is 16.5. The molecule has 0 amide bonds. The molecule has 4 heteroatoms. The first-order valence-electron chi connectivity index (χ1n) is 6.26. The van der Waals surface area contributed by atoms with Crippen LogP contribution in [-0.4, -0.2) is 17.4 Å². The Kier molecular flexibility index (Phi) is 3.60. The Bertz CT molecular complexity index is 597. The third-order valence-electron chi connectivity index (χ3n) is 3.03. The maximum Gasteiger partial charge on any atom is 0.163 e. The molecule has 19 heavy (non-hydrogen) atoms. The summed E-state index contributed by atoms with van der Waals surface area (Å²) in [5.41, 5.74) is 9.66. The van der Waals surface area contributed by atoms with Gasteiger partial charge in [0.05, 0.1) is 23.6 Å². The van der Waals surface area contributed by atoms with Gasteiger partial charge in [-0.15, -0.1) is 0 Å². The second-order valence-electron chi connectivity index (χ2n) is 4.43. The summed E-state index contributed by atoms with van der Waals surface area (Å²) in [4.78, 5) is 14.7. The van der Waals surface area contributed by atoms with Crippen LogP contribution < -0.4 is 10.5 Å². The molecule has 0 atom stereocenters. The van der Waals surface area contributed by atoms with E-state index in [2.05, 4.69) is 4.98 Å². The Morgan fingerprint density at radius 2 is 1.95 bits per heavy atom. The third-order valence-corrected chi connectivity index (χ3v) is 3.03. The zero-order chi connectivity index (χ0) is 14.0. The number of Topliss-reactive ketones (excluding diaryl/α,β-unsaturated/α-hetero) is 1. The second kappa shape index (κ2) is 5.18. The van der Waals surface area contributed by atoms with E-state index in [0.29, 0.717) is 17.9 Å². The number of rotatable bonds is 4. The molecule has 100 valence electrons. The summed E-state index contributed by atoms with van der Waals surface area (Å²) in [5.74, 6) is 0.795. The summed E-state index contributed by atoms with van der Waals surface area (Å²) < 4.78 is 5.40. The first-order valence-corrected chi connectivity index (χ1v) is 6.26. The van der Waals surface area contributed by atoms with Crippen LogP contribution in [0.25, 0.3) is 11.3 Å². The predicted octanol–water partition coefficient (Wildman–Crippen LogP) is 3.17. The number of H-pyrrole nitrogens is 1. The maximum absolute atomic E-state index is 11.6. The molecule has 2 aromatic rings. The molecule has 1 aromatic carbocycles. The van der Waals surface area contributed by atoms with Crippen LogP contribution in [0.2, 0.25) is 0 Å². The monoisotopic (exact) mass is 258 g/mol. The Hall–Kier alpha value is -2.23. The molecule has 0 unspecified atom stereocenters. The number of nitrogen functional groups attached to an aromatic ring is 1. The molecule has 0 saturated carbocycles.